The van der Waals surface area contributed by atoms with Crippen LogP contribution < -0.4 is 11.1 Å². The molecule has 6 nitrogen and oxygen atoms in total. The number of hydrogen-bond acceptors (Lipinski definition) is 5. The lowest BCUT2D eigenvalue weighted by molar-refractivity contribution is -0.126. The van der Waals surface area contributed by atoms with E-state index in [1.807, 2.05) is 17.5 Å². The molecule has 0 saturated carbocycles. The van der Waals surface area contributed by atoms with Crippen molar-refractivity contribution in [1.82, 2.24) is 9.62 Å². The van der Waals surface area contributed by atoms with Gasteiger partial charge in [-0.05, 0) is 30.7 Å². The Morgan fingerprint density at radius 2 is 2.32 bits per heavy atom. The number of carbonyl (C=O) groups is 1. The maximum Gasteiger partial charge on any atom is 0.224 e. The molecule has 0 radical (unpaired) electrons. The van der Waals surface area contributed by atoms with Crippen molar-refractivity contribution >= 4 is 27.3 Å². The maximum absolute atomic E-state index is 12.4. The minimum Gasteiger partial charge on any atom is -0.355 e. The van der Waals surface area contributed by atoms with Crippen LogP contribution in [0.3, 0.4) is 0 Å². The lowest BCUT2D eigenvalue weighted by atomic mass is 9.99. The van der Waals surface area contributed by atoms with Crippen molar-refractivity contribution in [3.8, 4) is 0 Å². The van der Waals surface area contributed by atoms with E-state index in [1.54, 1.807) is 11.3 Å². The second-order valence-corrected chi connectivity index (χ2v) is 8.54. The van der Waals surface area contributed by atoms with Gasteiger partial charge in [0.1, 0.15) is 0 Å². The number of aryl methyl sites for hydroxylation is 1. The van der Waals surface area contributed by atoms with E-state index >= 15 is 0 Å². The minimum atomic E-state index is -3.31. The Hall–Kier alpha value is -0.960. The molecule has 0 aromatic carbocycles. The molecular formula is C14H23N3O3S2. The first kappa shape index (κ1) is 17.4. The van der Waals surface area contributed by atoms with Crippen LogP contribution in [0.2, 0.25) is 0 Å². The van der Waals surface area contributed by atoms with Gasteiger partial charge in [-0.15, -0.1) is 11.3 Å². The SMILES string of the molecule is NCCNC(=O)C1CCCN(S(=O)(=O)CCc2cccs2)C1. The normalized spacial score (nSPS) is 20.0. The highest BCUT2D eigenvalue weighted by atomic mass is 32.2. The Morgan fingerprint density at radius 1 is 1.50 bits per heavy atom. The van der Waals surface area contributed by atoms with Gasteiger partial charge < -0.3 is 11.1 Å². The van der Waals surface area contributed by atoms with Gasteiger partial charge in [0, 0.05) is 31.1 Å². The summed E-state index contributed by atoms with van der Waals surface area (Å²) in [7, 11) is -3.31. The topological polar surface area (TPSA) is 92.5 Å². The van der Waals surface area contributed by atoms with Crippen LogP contribution in [-0.2, 0) is 21.2 Å². The Kier molecular flexibility index (Phi) is 6.37. The van der Waals surface area contributed by atoms with Gasteiger partial charge >= 0.3 is 0 Å². The average molecular weight is 345 g/mol. The molecule has 1 atom stereocenters. The smallest absolute Gasteiger partial charge is 0.224 e. The number of piperidine rings is 1. The maximum atomic E-state index is 12.4. The van der Waals surface area contributed by atoms with E-state index < -0.39 is 10.0 Å². The standard InChI is InChI=1S/C14H23N3O3S2/c15-6-7-16-14(18)12-3-1-8-17(11-12)22(19,20)10-5-13-4-2-9-21-13/h2,4,9,12H,1,3,5-8,10-11,15H2,(H,16,18). The zero-order valence-corrected chi connectivity index (χ0v) is 14.2. The number of sulfonamides is 1. The fraction of sp³-hybridized carbons (Fsp3) is 0.643. The molecule has 2 rings (SSSR count). The summed E-state index contributed by atoms with van der Waals surface area (Å²) >= 11 is 1.57. The van der Waals surface area contributed by atoms with E-state index in [0.717, 1.165) is 17.7 Å². The van der Waals surface area contributed by atoms with Crippen molar-refractivity contribution in [1.29, 1.82) is 0 Å². The van der Waals surface area contributed by atoms with Crippen molar-refractivity contribution in [2.45, 2.75) is 19.3 Å². The quantitative estimate of drug-likeness (QED) is 0.748. The van der Waals surface area contributed by atoms with Crippen molar-refractivity contribution in [2.75, 3.05) is 31.9 Å². The van der Waals surface area contributed by atoms with Gasteiger partial charge in [0.2, 0.25) is 15.9 Å². The highest BCUT2D eigenvalue weighted by Crippen LogP contribution is 2.20. The van der Waals surface area contributed by atoms with E-state index in [0.29, 0.717) is 26.1 Å². The summed E-state index contributed by atoms with van der Waals surface area (Å²) in [6, 6.07) is 3.87. The van der Waals surface area contributed by atoms with Gasteiger partial charge in [-0.2, -0.15) is 0 Å². The third-order valence-electron chi connectivity index (χ3n) is 3.78. The number of carbonyl (C=O) groups excluding carboxylic acids is 1. The van der Waals surface area contributed by atoms with Crippen molar-refractivity contribution in [3.05, 3.63) is 22.4 Å². The summed E-state index contributed by atoms with van der Waals surface area (Å²) in [5, 5.41) is 4.69. The molecule has 2 heterocycles. The lowest BCUT2D eigenvalue weighted by Gasteiger charge is -2.31. The van der Waals surface area contributed by atoms with Gasteiger partial charge in [0.05, 0.1) is 11.7 Å². The first-order valence-electron chi connectivity index (χ1n) is 7.51. The predicted octanol–water partition coefficient (Wildman–Crippen LogP) is 0.407. The Labute approximate surface area is 135 Å². The van der Waals surface area contributed by atoms with Crippen molar-refractivity contribution in [3.63, 3.8) is 0 Å². The molecule has 1 aromatic heterocycles. The molecule has 1 aliphatic rings. The molecule has 0 spiro atoms. The second kappa shape index (κ2) is 8.05. The van der Waals surface area contributed by atoms with Gasteiger partial charge in [-0.3, -0.25) is 4.79 Å². The van der Waals surface area contributed by atoms with Gasteiger partial charge in [-0.1, -0.05) is 6.07 Å². The van der Waals surface area contributed by atoms with Crippen LogP contribution in [0.4, 0.5) is 0 Å². The molecule has 0 bridgehead atoms. The Bertz CT molecular complexity index is 572. The number of thiophene rings is 1. The lowest BCUT2D eigenvalue weighted by Crippen LogP contribution is -2.46. The number of amides is 1. The van der Waals surface area contributed by atoms with Crippen molar-refractivity contribution < 1.29 is 13.2 Å². The van der Waals surface area contributed by atoms with Gasteiger partial charge in [-0.25, -0.2) is 12.7 Å². The van der Waals surface area contributed by atoms with Crippen LogP contribution in [0.5, 0.6) is 0 Å². The number of nitrogens with zero attached hydrogens (tertiary/aromatic N) is 1. The number of rotatable bonds is 7. The zero-order valence-electron chi connectivity index (χ0n) is 12.5. The molecule has 1 aromatic rings. The highest BCUT2D eigenvalue weighted by molar-refractivity contribution is 7.89. The Morgan fingerprint density at radius 3 is 3.00 bits per heavy atom. The summed E-state index contributed by atoms with van der Waals surface area (Å²) < 4.78 is 26.4. The van der Waals surface area contributed by atoms with Gasteiger partial charge in [0.25, 0.3) is 0 Å². The monoisotopic (exact) mass is 345 g/mol. The molecule has 1 unspecified atom stereocenters. The average Bonchev–Trinajstić information content (AvgIpc) is 3.04. The fourth-order valence-electron chi connectivity index (χ4n) is 2.56. The molecule has 1 saturated heterocycles. The highest BCUT2D eigenvalue weighted by Gasteiger charge is 2.31. The van der Waals surface area contributed by atoms with Crippen LogP contribution in [0, 0.1) is 5.92 Å². The van der Waals surface area contributed by atoms with Crippen LogP contribution in [0.1, 0.15) is 17.7 Å². The van der Waals surface area contributed by atoms with E-state index in [9.17, 15) is 13.2 Å². The molecule has 0 aliphatic carbocycles. The molecule has 1 fully saturated rings. The second-order valence-electron chi connectivity index (χ2n) is 5.42. The van der Waals surface area contributed by atoms with Gasteiger partial charge in [0.15, 0.2) is 0 Å². The van der Waals surface area contributed by atoms with E-state index in [-0.39, 0.29) is 24.1 Å². The number of nitrogens with one attached hydrogen (secondary N) is 1. The summed E-state index contributed by atoms with van der Waals surface area (Å²) in [6.07, 6.45) is 1.98. The predicted molar refractivity (Wildman–Crippen MR) is 88.2 cm³/mol. The fourth-order valence-corrected chi connectivity index (χ4v) is 4.95. The van der Waals surface area contributed by atoms with E-state index in [1.165, 1.54) is 4.31 Å². The molecule has 1 aliphatic heterocycles. The number of nitrogens with two attached hydrogens (primary N) is 1. The van der Waals surface area contributed by atoms with Crippen LogP contribution in [-0.4, -0.2) is 50.6 Å². The summed E-state index contributed by atoms with van der Waals surface area (Å²) in [6.45, 7) is 1.61. The third kappa shape index (κ3) is 4.77. The molecular weight excluding hydrogens is 322 g/mol. The minimum absolute atomic E-state index is 0.0939. The Balaban J connectivity index is 1.91. The van der Waals surface area contributed by atoms with E-state index in [2.05, 4.69) is 5.32 Å². The number of hydrogen-bond donors (Lipinski definition) is 2. The molecule has 8 heteroatoms. The van der Waals surface area contributed by atoms with E-state index in [4.69, 9.17) is 5.73 Å². The van der Waals surface area contributed by atoms with Crippen molar-refractivity contribution in [2.24, 2.45) is 11.7 Å². The summed E-state index contributed by atoms with van der Waals surface area (Å²) in [5.41, 5.74) is 5.37. The third-order valence-corrected chi connectivity index (χ3v) is 6.55. The zero-order chi connectivity index (χ0) is 16.0. The first-order chi connectivity index (χ1) is 10.5. The molecule has 3 N–H and O–H groups in total. The van der Waals surface area contributed by atoms with Crippen LogP contribution >= 0.6 is 11.3 Å². The summed E-state index contributed by atoms with van der Waals surface area (Å²) in [4.78, 5) is 13.1. The largest absolute Gasteiger partial charge is 0.355 e. The molecule has 124 valence electrons. The van der Waals surface area contributed by atoms with Crippen LogP contribution in [0.15, 0.2) is 17.5 Å². The van der Waals surface area contributed by atoms with Crippen LogP contribution in [0.25, 0.3) is 0 Å². The summed E-state index contributed by atoms with van der Waals surface area (Å²) in [5.74, 6) is -0.259. The molecule has 1 amide bonds. The molecule has 22 heavy (non-hydrogen) atoms. The first-order valence-corrected chi connectivity index (χ1v) is 10.00.